The standard InChI is InChI=1S/C16H17N3O2S2.C4H4O4/c1-17-9-12-8-14(15-10-18-11-19(15)2)16(22-12)23(20,21)13-6-4-3-5-7-13;5-3(6)1-2-4(7)8/h3-8,10-11,17H,9H2,1-2H3;1-2H,(H,5,6)(H,7,8). The van der Waals surface area contributed by atoms with Crippen molar-refractivity contribution in [3.8, 4) is 11.3 Å². The van der Waals surface area contributed by atoms with Crippen LogP contribution in [0.5, 0.6) is 0 Å². The molecule has 9 nitrogen and oxygen atoms in total. The molecular weight excluding hydrogens is 442 g/mol. The quantitative estimate of drug-likeness (QED) is 0.454. The third-order valence-corrected chi connectivity index (χ3v) is 7.30. The number of carboxylic acids is 2. The highest BCUT2D eigenvalue weighted by molar-refractivity contribution is 7.93. The monoisotopic (exact) mass is 463 g/mol. The van der Waals surface area contributed by atoms with Gasteiger partial charge in [-0.05, 0) is 25.2 Å². The highest BCUT2D eigenvalue weighted by atomic mass is 32.2. The molecule has 3 rings (SSSR count). The van der Waals surface area contributed by atoms with Gasteiger partial charge in [-0.25, -0.2) is 23.0 Å². The number of carbonyl (C=O) groups is 2. The van der Waals surface area contributed by atoms with Gasteiger partial charge < -0.3 is 20.1 Å². The van der Waals surface area contributed by atoms with Crippen LogP contribution >= 0.6 is 11.3 Å². The zero-order valence-electron chi connectivity index (χ0n) is 16.7. The number of aryl methyl sites for hydroxylation is 1. The van der Waals surface area contributed by atoms with Crippen LogP contribution < -0.4 is 5.32 Å². The smallest absolute Gasteiger partial charge is 0.328 e. The van der Waals surface area contributed by atoms with Crippen LogP contribution in [0.3, 0.4) is 0 Å². The molecule has 0 amide bonds. The van der Waals surface area contributed by atoms with Gasteiger partial charge in [-0.15, -0.1) is 11.3 Å². The Morgan fingerprint density at radius 3 is 2.26 bits per heavy atom. The number of aromatic nitrogens is 2. The fourth-order valence-corrected chi connectivity index (χ4v) is 5.66. The van der Waals surface area contributed by atoms with Crippen molar-refractivity contribution in [1.82, 2.24) is 14.9 Å². The summed E-state index contributed by atoms with van der Waals surface area (Å²) in [6.45, 7) is 0.625. The number of hydrogen-bond acceptors (Lipinski definition) is 7. The van der Waals surface area contributed by atoms with Crippen molar-refractivity contribution >= 4 is 33.1 Å². The average molecular weight is 464 g/mol. The summed E-state index contributed by atoms with van der Waals surface area (Å²) < 4.78 is 28.3. The van der Waals surface area contributed by atoms with Gasteiger partial charge in [0.15, 0.2) is 0 Å². The second-order valence-corrected chi connectivity index (χ2v) is 9.44. The minimum atomic E-state index is -3.56. The van der Waals surface area contributed by atoms with Gasteiger partial charge in [-0.1, -0.05) is 18.2 Å². The Balaban J connectivity index is 0.000000366. The Kier molecular flexibility index (Phi) is 8.25. The summed E-state index contributed by atoms with van der Waals surface area (Å²) in [5.41, 5.74) is 1.49. The number of sulfone groups is 1. The van der Waals surface area contributed by atoms with E-state index in [0.29, 0.717) is 33.4 Å². The predicted molar refractivity (Wildman–Crippen MR) is 116 cm³/mol. The van der Waals surface area contributed by atoms with E-state index in [4.69, 9.17) is 10.2 Å². The molecule has 0 fully saturated rings. The molecular formula is C20H21N3O6S2. The van der Waals surface area contributed by atoms with E-state index < -0.39 is 21.8 Å². The molecule has 0 bridgehead atoms. The highest BCUT2D eigenvalue weighted by Gasteiger charge is 2.26. The van der Waals surface area contributed by atoms with Gasteiger partial charge in [-0.2, -0.15) is 0 Å². The lowest BCUT2D eigenvalue weighted by Crippen LogP contribution is -2.02. The second kappa shape index (κ2) is 10.7. The molecule has 11 heteroatoms. The maximum absolute atomic E-state index is 13.0. The summed E-state index contributed by atoms with van der Waals surface area (Å²) in [5, 5.41) is 18.7. The molecule has 3 N–H and O–H groups in total. The van der Waals surface area contributed by atoms with Gasteiger partial charge in [0.2, 0.25) is 9.84 Å². The Bertz CT molecular complexity index is 1160. The van der Waals surface area contributed by atoms with Crippen molar-refractivity contribution in [2.45, 2.75) is 15.6 Å². The molecule has 31 heavy (non-hydrogen) atoms. The van der Waals surface area contributed by atoms with Crippen LogP contribution in [0.4, 0.5) is 0 Å². The fraction of sp³-hybridized carbons (Fsp3) is 0.150. The molecule has 0 aliphatic heterocycles. The molecule has 2 heterocycles. The summed E-state index contributed by atoms with van der Waals surface area (Å²) in [5.74, 6) is -2.51. The number of thiophene rings is 1. The van der Waals surface area contributed by atoms with Gasteiger partial charge in [0.1, 0.15) is 4.21 Å². The SMILES string of the molecule is CNCc1cc(-c2cncn2C)c(S(=O)(=O)c2ccccc2)s1.O=C(O)C=CC(=O)O. The molecule has 0 spiro atoms. The molecule has 0 radical (unpaired) electrons. The lowest BCUT2D eigenvalue weighted by atomic mass is 10.2. The van der Waals surface area contributed by atoms with Gasteiger partial charge >= 0.3 is 11.9 Å². The highest BCUT2D eigenvalue weighted by Crippen LogP contribution is 2.38. The Hall–Kier alpha value is -3.28. The van der Waals surface area contributed by atoms with Crippen LogP contribution in [-0.2, 0) is 33.0 Å². The topological polar surface area (TPSA) is 139 Å². The van der Waals surface area contributed by atoms with Gasteiger partial charge in [-0.3, -0.25) is 0 Å². The van der Waals surface area contributed by atoms with Gasteiger partial charge in [0.25, 0.3) is 0 Å². The zero-order valence-corrected chi connectivity index (χ0v) is 18.4. The molecule has 0 atom stereocenters. The van der Waals surface area contributed by atoms with E-state index in [1.165, 1.54) is 11.3 Å². The van der Waals surface area contributed by atoms with Crippen LogP contribution in [0.25, 0.3) is 11.3 Å². The number of nitrogens with one attached hydrogen (secondary N) is 1. The molecule has 0 unspecified atom stereocenters. The largest absolute Gasteiger partial charge is 0.478 e. The number of carboxylic acid groups (broad SMARTS) is 2. The number of rotatable bonds is 7. The lowest BCUT2D eigenvalue weighted by molar-refractivity contribution is -0.134. The van der Waals surface area contributed by atoms with Crippen LogP contribution in [0.2, 0.25) is 0 Å². The summed E-state index contributed by atoms with van der Waals surface area (Å²) in [4.78, 5) is 24.5. The van der Waals surface area contributed by atoms with Crippen molar-refractivity contribution in [1.29, 1.82) is 0 Å². The first-order valence-electron chi connectivity index (χ1n) is 8.85. The van der Waals surface area contributed by atoms with E-state index in [1.54, 1.807) is 36.8 Å². The summed E-state index contributed by atoms with van der Waals surface area (Å²) >= 11 is 1.30. The van der Waals surface area contributed by atoms with Crippen LogP contribution in [0, 0.1) is 0 Å². The molecule has 3 aromatic rings. The lowest BCUT2D eigenvalue weighted by Gasteiger charge is -2.06. The first kappa shape index (κ1) is 24.0. The molecule has 0 aliphatic rings. The minimum absolute atomic E-state index is 0.307. The molecule has 0 aliphatic carbocycles. The van der Waals surface area contributed by atoms with E-state index in [-0.39, 0.29) is 0 Å². The molecule has 0 saturated heterocycles. The number of hydrogen-bond donors (Lipinski definition) is 3. The van der Waals surface area contributed by atoms with E-state index in [2.05, 4.69) is 10.3 Å². The third-order valence-electron chi connectivity index (χ3n) is 3.86. The van der Waals surface area contributed by atoms with Crippen molar-refractivity contribution in [2.24, 2.45) is 7.05 Å². The van der Waals surface area contributed by atoms with E-state index >= 15 is 0 Å². The van der Waals surface area contributed by atoms with E-state index in [1.807, 2.05) is 30.8 Å². The molecule has 1 aromatic carbocycles. The van der Waals surface area contributed by atoms with Crippen LogP contribution in [0.1, 0.15) is 4.88 Å². The molecule has 164 valence electrons. The second-order valence-electron chi connectivity index (χ2n) is 6.16. The number of benzene rings is 1. The third kappa shape index (κ3) is 6.35. The fourth-order valence-electron chi connectivity index (χ4n) is 2.53. The Morgan fingerprint density at radius 2 is 1.77 bits per heavy atom. The predicted octanol–water partition coefficient (Wildman–Crippen LogP) is 2.41. The zero-order chi connectivity index (χ0) is 23.0. The van der Waals surface area contributed by atoms with Crippen LogP contribution in [-0.4, -0.2) is 47.2 Å². The molecule has 0 saturated carbocycles. The van der Waals surface area contributed by atoms with E-state index in [9.17, 15) is 18.0 Å². The van der Waals surface area contributed by atoms with E-state index in [0.717, 1.165) is 10.6 Å². The summed E-state index contributed by atoms with van der Waals surface area (Å²) in [6, 6.07) is 10.5. The van der Waals surface area contributed by atoms with Crippen LogP contribution in [0.15, 0.2) is 70.2 Å². The average Bonchev–Trinajstić information content (AvgIpc) is 3.34. The first-order chi connectivity index (χ1) is 14.7. The maximum atomic E-state index is 13.0. The van der Waals surface area contributed by atoms with Gasteiger partial charge in [0.05, 0.1) is 23.1 Å². The van der Waals surface area contributed by atoms with Crippen molar-refractivity contribution in [3.05, 3.63) is 66.0 Å². The summed E-state index contributed by atoms with van der Waals surface area (Å²) in [7, 11) is 0.140. The maximum Gasteiger partial charge on any atom is 0.328 e. The summed E-state index contributed by atoms with van der Waals surface area (Å²) in [6.07, 6.45) is 4.48. The van der Waals surface area contributed by atoms with Crippen molar-refractivity contribution < 1.29 is 28.2 Å². The first-order valence-corrected chi connectivity index (χ1v) is 11.1. The normalized spacial score (nSPS) is 11.2. The Morgan fingerprint density at radius 1 is 1.16 bits per heavy atom. The Labute approximate surface area is 183 Å². The van der Waals surface area contributed by atoms with Gasteiger partial charge in [0, 0.05) is 36.2 Å². The van der Waals surface area contributed by atoms with Crippen molar-refractivity contribution in [2.75, 3.05) is 7.05 Å². The molecule has 2 aromatic heterocycles. The van der Waals surface area contributed by atoms with Crippen molar-refractivity contribution in [3.63, 3.8) is 0 Å². The number of aliphatic carboxylic acids is 2. The number of nitrogens with zero attached hydrogens (tertiary/aromatic N) is 2. The minimum Gasteiger partial charge on any atom is -0.478 e. The number of imidazole rings is 1.